The van der Waals surface area contributed by atoms with Crippen LogP contribution in [0.25, 0.3) is 0 Å². The molecular formula is C19H24N2O4S2. The number of hydrogen-bond acceptors (Lipinski definition) is 4. The summed E-state index contributed by atoms with van der Waals surface area (Å²) in [5, 5.41) is 0. The summed E-state index contributed by atoms with van der Waals surface area (Å²) in [6, 6.07) is 12.4. The molecule has 27 heavy (non-hydrogen) atoms. The summed E-state index contributed by atoms with van der Waals surface area (Å²) < 4.78 is 54.6. The lowest BCUT2D eigenvalue weighted by Crippen LogP contribution is -2.41. The Hall–Kier alpha value is -1.90. The molecule has 1 unspecified atom stereocenters. The van der Waals surface area contributed by atoms with Crippen molar-refractivity contribution in [3.63, 3.8) is 0 Å². The number of hydrogen-bond donors (Lipinski definition) is 1. The van der Waals surface area contributed by atoms with Gasteiger partial charge in [0.1, 0.15) is 0 Å². The minimum Gasteiger partial charge on any atom is -0.280 e. The molecule has 1 saturated heterocycles. The maximum atomic E-state index is 12.8. The molecule has 2 aromatic carbocycles. The molecule has 8 heteroatoms. The van der Waals surface area contributed by atoms with E-state index in [0.717, 1.165) is 24.8 Å². The fraction of sp³-hybridized carbons (Fsp3) is 0.368. The lowest BCUT2D eigenvalue weighted by molar-refractivity contribution is 0.268. The molecule has 0 spiro atoms. The molecule has 0 aliphatic carbocycles. The van der Waals surface area contributed by atoms with Crippen molar-refractivity contribution in [1.29, 1.82) is 0 Å². The van der Waals surface area contributed by atoms with Crippen LogP contribution in [0.15, 0.2) is 58.3 Å². The summed E-state index contributed by atoms with van der Waals surface area (Å²) in [6.45, 7) is 4.32. The van der Waals surface area contributed by atoms with Gasteiger partial charge in [0.05, 0.1) is 9.79 Å². The Labute approximate surface area is 161 Å². The highest BCUT2D eigenvalue weighted by Gasteiger charge is 2.30. The average molecular weight is 409 g/mol. The van der Waals surface area contributed by atoms with Crippen LogP contribution in [-0.4, -0.2) is 33.7 Å². The number of piperidine rings is 1. The van der Waals surface area contributed by atoms with Gasteiger partial charge in [-0.05, 0) is 63.1 Å². The normalized spacial score (nSPS) is 19.0. The second-order valence-electron chi connectivity index (χ2n) is 6.90. The van der Waals surface area contributed by atoms with Crippen molar-refractivity contribution >= 4 is 25.7 Å². The number of anilines is 1. The van der Waals surface area contributed by atoms with E-state index in [1.54, 1.807) is 12.1 Å². The number of nitrogens with one attached hydrogen (secondary N) is 1. The summed E-state index contributed by atoms with van der Waals surface area (Å²) in [6.07, 6.45) is 2.75. The lowest BCUT2D eigenvalue weighted by Gasteiger charge is -2.32. The third-order valence-corrected chi connectivity index (χ3v) is 8.21. The maximum Gasteiger partial charge on any atom is 0.261 e. The van der Waals surface area contributed by atoms with Crippen molar-refractivity contribution in [1.82, 2.24) is 4.31 Å². The summed E-state index contributed by atoms with van der Waals surface area (Å²) in [5.74, 6) is 0. The summed E-state index contributed by atoms with van der Waals surface area (Å²) in [5.41, 5.74) is 1.29. The van der Waals surface area contributed by atoms with Crippen molar-refractivity contribution in [2.75, 3.05) is 11.3 Å². The summed E-state index contributed by atoms with van der Waals surface area (Å²) in [7, 11) is -7.29. The van der Waals surface area contributed by atoms with E-state index in [-0.39, 0.29) is 15.8 Å². The van der Waals surface area contributed by atoms with Crippen LogP contribution in [0.4, 0.5) is 5.69 Å². The van der Waals surface area contributed by atoms with Crippen LogP contribution in [0.3, 0.4) is 0 Å². The fourth-order valence-corrected chi connectivity index (χ4v) is 5.95. The minimum atomic E-state index is -3.72. The van der Waals surface area contributed by atoms with E-state index in [0.29, 0.717) is 12.2 Å². The molecule has 1 atom stereocenters. The topological polar surface area (TPSA) is 83.5 Å². The van der Waals surface area contributed by atoms with Crippen LogP contribution in [0.1, 0.15) is 31.7 Å². The molecule has 0 aromatic heterocycles. The van der Waals surface area contributed by atoms with Crippen LogP contribution in [-0.2, 0) is 20.0 Å². The maximum absolute atomic E-state index is 12.8. The Balaban J connectivity index is 1.80. The van der Waals surface area contributed by atoms with E-state index in [4.69, 9.17) is 0 Å². The summed E-state index contributed by atoms with van der Waals surface area (Å²) in [4.78, 5) is 0.335. The third-order valence-electron chi connectivity index (χ3n) is 4.79. The molecule has 0 bridgehead atoms. The van der Waals surface area contributed by atoms with Crippen LogP contribution >= 0.6 is 0 Å². The van der Waals surface area contributed by atoms with Crippen LogP contribution < -0.4 is 4.72 Å². The molecule has 146 valence electrons. The Morgan fingerprint density at radius 3 is 2.07 bits per heavy atom. The third kappa shape index (κ3) is 4.34. The van der Waals surface area contributed by atoms with E-state index in [1.807, 2.05) is 13.8 Å². The largest absolute Gasteiger partial charge is 0.280 e. The van der Waals surface area contributed by atoms with Crippen LogP contribution in [0.2, 0.25) is 0 Å². The van der Waals surface area contributed by atoms with Gasteiger partial charge in [0.2, 0.25) is 10.0 Å². The number of sulfonamides is 2. The first kappa shape index (κ1) is 19.9. The van der Waals surface area contributed by atoms with E-state index in [2.05, 4.69) is 4.72 Å². The van der Waals surface area contributed by atoms with E-state index in [9.17, 15) is 16.8 Å². The van der Waals surface area contributed by atoms with Crippen molar-refractivity contribution in [3.05, 3.63) is 54.1 Å². The minimum absolute atomic E-state index is 0.0246. The van der Waals surface area contributed by atoms with Gasteiger partial charge in [0, 0.05) is 18.3 Å². The number of nitrogens with zero attached hydrogens (tertiary/aromatic N) is 1. The predicted octanol–water partition coefficient (Wildman–Crippen LogP) is 3.36. The summed E-state index contributed by atoms with van der Waals surface area (Å²) >= 11 is 0. The second-order valence-corrected chi connectivity index (χ2v) is 10.5. The molecule has 1 aliphatic heterocycles. The van der Waals surface area contributed by atoms with Crippen molar-refractivity contribution in [3.8, 4) is 0 Å². The second kappa shape index (κ2) is 7.61. The van der Waals surface area contributed by atoms with Gasteiger partial charge in [-0.25, -0.2) is 16.8 Å². The molecule has 6 nitrogen and oxygen atoms in total. The molecule has 2 aromatic rings. The number of benzene rings is 2. The van der Waals surface area contributed by atoms with Gasteiger partial charge in [0.25, 0.3) is 10.0 Å². The molecule has 3 rings (SSSR count). The zero-order chi connectivity index (χ0) is 19.7. The zero-order valence-electron chi connectivity index (χ0n) is 15.4. The monoisotopic (exact) mass is 408 g/mol. The van der Waals surface area contributed by atoms with Crippen LogP contribution in [0.5, 0.6) is 0 Å². The Morgan fingerprint density at radius 2 is 1.48 bits per heavy atom. The Kier molecular flexibility index (Phi) is 5.60. The number of aryl methyl sites for hydroxylation is 1. The predicted molar refractivity (Wildman–Crippen MR) is 106 cm³/mol. The van der Waals surface area contributed by atoms with Crippen molar-refractivity contribution in [2.45, 2.75) is 48.9 Å². The molecular weight excluding hydrogens is 384 g/mol. The first-order chi connectivity index (χ1) is 12.7. The molecule has 1 aliphatic rings. The molecule has 0 saturated carbocycles. The number of rotatable bonds is 5. The fourth-order valence-electron chi connectivity index (χ4n) is 3.19. The van der Waals surface area contributed by atoms with Crippen molar-refractivity contribution < 1.29 is 16.8 Å². The molecule has 1 heterocycles. The molecule has 1 N–H and O–H groups in total. The van der Waals surface area contributed by atoms with E-state index >= 15 is 0 Å². The smallest absolute Gasteiger partial charge is 0.261 e. The zero-order valence-corrected chi connectivity index (χ0v) is 17.1. The van der Waals surface area contributed by atoms with Gasteiger partial charge < -0.3 is 0 Å². The Morgan fingerprint density at radius 1 is 0.889 bits per heavy atom. The van der Waals surface area contributed by atoms with Gasteiger partial charge in [-0.3, -0.25) is 4.72 Å². The quantitative estimate of drug-likeness (QED) is 0.822. The van der Waals surface area contributed by atoms with Crippen LogP contribution in [0, 0.1) is 6.92 Å². The average Bonchev–Trinajstić information content (AvgIpc) is 2.62. The van der Waals surface area contributed by atoms with E-state index < -0.39 is 20.0 Å². The van der Waals surface area contributed by atoms with Gasteiger partial charge in [0.15, 0.2) is 0 Å². The first-order valence-electron chi connectivity index (χ1n) is 8.91. The molecule has 0 amide bonds. The van der Waals surface area contributed by atoms with Gasteiger partial charge in [-0.1, -0.05) is 24.1 Å². The van der Waals surface area contributed by atoms with E-state index in [1.165, 1.54) is 40.7 Å². The highest BCUT2D eigenvalue weighted by molar-refractivity contribution is 7.92. The van der Waals surface area contributed by atoms with Gasteiger partial charge in [-0.15, -0.1) is 0 Å². The lowest BCUT2D eigenvalue weighted by atomic mass is 10.1. The van der Waals surface area contributed by atoms with Crippen molar-refractivity contribution in [2.24, 2.45) is 0 Å². The highest BCUT2D eigenvalue weighted by atomic mass is 32.2. The SMILES string of the molecule is Cc1ccc(S(=O)(=O)Nc2ccc(S(=O)(=O)N3CCCCC3C)cc2)cc1. The highest BCUT2D eigenvalue weighted by Crippen LogP contribution is 2.26. The van der Waals surface area contributed by atoms with Gasteiger partial charge >= 0.3 is 0 Å². The Bertz CT molecular complexity index is 999. The standard InChI is InChI=1S/C19H24N2O4S2/c1-15-6-10-18(11-7-15)26(22,23)20-17-8-12-19(13-9-17)27(24,25)21-14-4-3-5-16(21)2/h6-13,16,20H,3-5,14H2,1-2H3. The molecule has 1 fully saturated rings. The molecule has 0 radical (unpaired) electrons. The first-order valence-corrected chi connectivity index (χ1v) is 11.8. The van der Waals surface area contributed by atoms with Gasteiger partial charge in [-0.2, -0.15) is 4.31 Å².